The Hall–Kier alpha value is -3.42. The first-order valence-corrected chi connectivity index (χ1v) is 10.5. The third-order valence-electron chi connectivity index (χ3n) is 5.76. The van der Waals surface area contributed by atoms with E-state index in [0.717, 1.165) is 24.2 Å². The number of nitrogens with one attached hydrogen (secondary N) is 1. The van der Waals surface area contributed by atoms with Gasteiger partial charge in [0, 0.05) is 49.2 Å². The topological polar surface area (TPSA) is 94.8 Å². The molecule has 0 unspecified atom stereocenters. The Morgan fingerprint density at radius 2 is 2.26 bits per heavy atom. The minimum absolute atomic E-state index is 0.200. The second kappa shape index (κ2) is 7.37. The van der Waals surface area contributed by atoms with Crippen LogP contribution in [0.15, 0.2) is 36.8 Å². The highest BCUT2D eigenvalue weighted by atomic mass is 16.5. The van der Waals surface area contributed by atoms with Gasteiger partial charge in [0.05, 0.1) is 18.5 Å². The molecule has 1 N–H and O–H groups in total. The molecule has 1 aliphatic heterocycles. The van der Waals surface area contributed by atoms with E-state index in [2.05, 4.69) is 15.4 Å². The van der Waals surface area contributed by atoms with Gasteiger partial charge in [0.25, 0.3) is 5.91 Å². The zero-order valence-corrected chi connectivity index (χ0v) is 17.6. The molecule has 0 bridgehead atoms. The maximum atomic E-state index is 13.0. The second-order valence-electron chi connectivity index (χ2n) is 8.85. The molecule has 31 heavy (non-hydrogen) atoms. The first-order valence-electron chi connectivity index (χ1n) is 10.5. The Bertz CT molecular complexity index is 1180. The zero-order chi connectivity index (χ0) is 21.6. The Morgan fingerprint density at radius 3 is 3.06 bits per heavy atom. The van der Waals surface area contributed by atoms with Crippen LogP contribution in [-0.4, -0.2) is 38.5 Å². The number of hydrogen-bond donors (Lipinski definition) is 1. The van der Waals surface area contributed by atoms with Gasteiger partial charge >= 0.3 is 0 Å². The number of benzene rings is 1. The minimum atomic E-state index is -0.313. The van der Waals surface area contributed by atoms with E-state index in [1.54, 1.807) is 23.0 Å². The second-order valence-corrected chi connectivity index (χ2v) is 8.85. The van der Waals surface area contributed by atoms with Crippen molar-refractivity contribution in [1.29, 1.82) is 0 Å². The molecule has 0 spiro atoms. The first kappa shape index (κ1) is 19.5. The molecule has 3 aromatic rings. The van der Waals surface area contributed by atoms with E-state index in [1.165, 1.54) is 6.20 Å². The molecule has 1 amide bonds. The lowest BCUT2D eigenvalue weighted by Gasteiger charge is -2.18. The molecule has 0 radical (unpaired) electrons. The van der Waals surface area contributed by atoms with Crippen molar-refractivity contribution in [3.63, 3.8) is 0 Å². The summed E-state index contributed by atoms with van der Waals surface area (Å²) in [4.78, 5) is 28.9. The monoisotopic (exact) mass is 420 g/mol. The highest BCUT2D eigenvalue weighted by molar-refractivity contribution is 6.08. The van der Waals surface area contributed by atoms with Gasteiger partial charge in [-0.1, -0.05) is 0 Å². The lowest BCUT2D eigenvalue weighted by atomic mass is 10.0. The molecule has 8 heteroatoms. The number of amides is 1. The minimum Gasteiger partial charge on any atom is -0.491 e. The normalized spacial score (nSPS) is 19.3. The van der Waals surface area contributed by atoms with Crippen molar-refractivity contribution in [2.45, 2.75) is 45.1 Å². The molecule has 1 aliphatic carbocycles. The maximum absolute atomic E-state index is 13.0. The van der Waals surface area contributed by atoms with Crippen molar-refractivity contribution in [3.05, 3.63) is 47.9 Å². The number of Topliss-reactive ketones (excluding diaryl/α,β-unsaturated/α-hetero) is 1. The first-order chi connectivity index (χ1) is 14.9. The summed E-state index contributed by atoms with van der Waals surface area (Å²) in [6.07, 6.45) is 7.60. The summed E-state index contributed by atoms with van der Waals surface area (Å²) in [7, 11) is 0. The average molecular weight is 420 g/mol. The van der Waals surface area contributed by atoms with Crippen LogP contribution in [0.4, 0.5) is 5.69 Å². The van der Waals surface area contributed by atoms with Crippen LogP contribution < -0.4 is 14.8 Å². The lowest BCUT2D eigenvalue weighted by Crippen LogP contribution is -2.24. The molecule has 1 atom stereocenters. The number of anilines is 1. The van der Waals surface area contributed by atoms with Gasteiger partial charge in [-0.05, 0) is 32.4 Å². The maximum Gasteiger partial charge on any atom is 0.261 e. The summed E-state index contributed by atoms with van der Waals surface area (Å²) in [6, 6.07) is 5.50. The number of rotatable bonds is 5. The number of aromatic nitrogens is 3. The number of fused-ring (bicyclic) bond motifs is 2. The van der Waals surface area contributed by atoms with Crippen LogP contribution in [0.1, 0.15) is 49.0 Å². The molecule has 3 heterocycles. The van der Waals surface area contributed by atoms with Gasteiger partial charge in [-0.2, -0.15) is 5.10 Å². The van der Waals surface area contributed by atoms with Crippen molar-refractivity contribution in [2.75, 3.05) is 11.9 Å². The van der Waals surface area contributed by atoms with Gasteiger partial charge < -0.3 is 14.8 Å². The van der Waals surface area contributed by atoms with E-state index >= 15 is 0 Å². The van der Waals surface area contributed by atoms with Crippen LogP contribution in [-0.2, 0) is 11.2 Å². The van der Waals surface area contributed by atoms with Crippen LogP contribution in [0, 0.1) is 5.92 Å². The van der Waals surface area contributed by atoms with Crippen LogP contribution in [0.5, 0.6) is 11.5 Å². The van der Waals surface area contributed by atoms with Crippen molar-refractivity contribution >= 4 is 23.0 Å². The zero-order valence-electron chi connectivity index (χ0n) is 17.6. The van der Waals surface area contributed by atoms with Gasteiger partial charge in [0.1, 0.15) is 28.4 Å². The molecule has 1 saturated carbocycles. The van der Waals surface area contributed by atoms with Crippen LogP contribution >= 0.6 is 0 Å². The van der Waals surface area contributed by atoms with E-state index < -0.39 is 0 Å². The third-order valence-corrected chi connectivity index (χ3v) is 5.76. The molecular weight excluding hydrogens is 396 g/mol. The summed E-state index contributed by atoms with van der Waals surface area (Å²) in [5.41, 5.74) is 2.14. The molecule has 2 aromatic heterocycles. The molecular formula is C23H24N4O4. The molecule has 1 fully saturated rings. The van der Waals surface area contributed by atoms with E-state index in [4.69, 9.17) is 9.47 Å². The van der Waals surface area contributed by atoms with Gasteiger partial charge in [-0.15, -0.1) is 0 Å². The Labute approximate surface area is 179 Å². The molecule has 8 nitrogen and oxygen atoms in total. The predicted octanol–water partition coefficient (Wildman–Crippen LogP) is 3.44. The molecule has 2 aliphatic rings. The van der Waals surface area contributed by atoms with E-state index in [9.17, 15) is 9.59 Å². The summed E-state index contributed by atoms with van der Waals surface area (Å²) < 4.78 is 13.7. The third kappa shape index (κ3) is 3.85. The van der Waals surface area contributed by atoms with E-state index in [0.29, 0.717) is 42.1 Å². The van der Waals surface area contributed by atoms with Crippen molar-refractivity contribution in [1.82, 2.24) is 14.6 Å². The average Bonchev–Trinajstić information content (AvgIpc) is 3.41. The predicted molar refractivity (Wildman–Crippen MR) is 114 cm³/mol. The molecule has 160 valence electrons. The van der Waals surface area contributed by atoms with Crippen LogP contribution in [0.25, 0.3) is 5.65 Å². The highest BCUT2D eigenvalue weighted by Crippen LogP contribution is 2.42. The number of nitrogens with zero attached hydrogens (tertiary/aromatic N) is 3. The van der Waals surface area contributed by atoms with Crippen LogP contribution in [0.2, 0.25) is 0 Å². The quantitative estimate of drug-likeness (QED) is 0.679. The summed E-state index contributed by atoms with van der Waals surface area (Å²) >= 11 is 0. The lowest BCUT2D eigenvalue weighted by molar-refractivity contribution is -0.117. The molecule has 0 saturated heterocycles. The fraction of sp³-hybridized carbons (Fsp3) is 0.391. The Morgan fingerprint density at radius 1 is 1.39 bits per heavy atom. The van der Waals surface area contributed by atoms with E-state index in [-0.39, 0.29) is 23.2 Å². The largest absolute Gasteiger partial charge is 0.491 e. The SMILES string of the molecule is CC1(C)Cc2cc(NC(=O)c3cnn4cccnc34)c(OC[C@H]3CCC(=O)C3)cc2O1. The van der Waals surface area contributed by atoms with Crippen molar-refractivity contribution in [3.8, 4) is 11.5 Å². The van der Waals surface area contributed by atoms with Crippen molar-refractivity contribution < 1.29 is 19.1 Å². The number of ether oxygens (including phenoxy) is 2. The Kier molecular flexibility index (Phi) is 4.64. The fourth-order valence-corrected chi connectivity index (χ4v) is 4.27. The Balaban J connectivity index is 1.43. The standard InChI is InChI=1S/C23H24N4O4/c1-23(2)11-15-9-18(26-22(29)17-12-25-27-7-3-6-24-21(17)27)20(10-19(15)31-23)30-13-14-4-5-16(28)8-14/h3,6-7,9-10,12,14H,4-5,8,11,13H2,1-2H3,(H,26,29)/t14-/m0/s1. The summed E-state index contributed by atoms with van der Waals surface area (Å²) in [5.74, 6) is 1.46. The van der Waals surface area contributed by atoms with Gasteiger partial charge in [-0.3, -0.25) is 9.59 Å². The fourth-order valence-electron chi connectivity index (χ4n) is 4.27. The molecule has 5 rings (SSSR count). The van der Waals surface area contributed by atoms with Crippen molar-refractivity contribution in [2.24, 2.45) is 5.92 Å². The number of carbonyl (C=O) groups is 2. The molecule has 1 aromatic carbocycles. The number of hydrogen-bond acceptors (Lipinski definition) is 6. The highest BCUT2D eigenvalue weighted by Gasteiger charge is 2.32. The summed E-state index contributed by atoms with van der Waals surface area (Å²) in [6.45, 7) is 4.48. The van der Waals surface area contributed by atoms with Gasteiger partial charge in [0.15, 0.2) is 5.65 Å². The number of carbonyl (C=O) groups excluding carboxylic acids is 2. The summed E-state index contributed by atoms with van der Waals surface area (Å²) in [5, 5.41) is 7.15. The van der Waals surface area contributed by atoms with E-state index in [1.807, 2.05) is 26.0 Å². The smallest absolute Gasteiger partial charge is 0.261 e. The number of ketones is 1. The van der Waals surface area contributed by atoms with Crippen LogP contribution in [0.3, 0.4) is 0 Å². The van der Waals surface area contributed by atoms with Gasteiger partial charge in [-0.25, -0.2) is 9.50 Å². The van der Waals surface area contributed by atoms with Gasteiger partial charge in [0.2, 0.25) is 0 Å².